The first-order valence-electron chi connectivity index (χ1n) is 18.3. The van der Waals surface area contributed by atoms with Crippen molar-refractivity contribution in [2.75, 3.05) is 38.4 Å². The van der Waals surface area contributed by atoms with Gasteiger partial charge in [0.15, 0.2) is 0 Å². The molecule has 56 heavy (non-hydrogen) atoms. The second-order valence-electron chi connectivity index (χ2n) is 13.2. The van der Waals surface area contributed by atoms with E-state index in [1.165, 1.54) is 18.1 Å². The predicted octanol–water partition coefficient (Wildman–Crippen LogP) is 10.5. The number of rotatable bonds is 16. The van der Waals surface area contributed by atoms with Gasteiger partial charge in [-0.3, -0.25) is 4.89 Å². The number of carbonyl (C=O) groups excluding carboxylic acids is 2. The highest BCUT2D eigenvalue weighted by atomic mass is 17.2. The smallest absolute Gasteiger partial charge is 0.497 e. The molecular weight excluding hydrogens is 707 g/mol. The van der Waals surface area contributed by atoms with E-state index in [0.29, 0.717) is 5.75 Å². The Hall–Kier alpha value is -6.42. The fourth-order valence-electron chi connectivity index (χ4n) is 6.43. The van der Waals surface area contributed by atoms with Gasteiger partial charge in [0.2, 0.25) is 0 Å². The van der Waals surface area contributed by atoms with Crippen LogP contribution in [0.15, 0.2) is 152 Å². The fraction of sp³-hybridized carbons (Fsp3) is 0.191. The monoisotopic (exact) mass is 751 g/mol. The molecule has 0 bridgehead atoms. The van der Waals surface area contributed by atoms with Crippen molar-refractivity contribution in [2.24, 2.45) is 0 Å². The van der Waals surface area contributed by atoms with Gasteiger partial charge in [-0.25, -0.2) is 9.59 Å². The largest absolute Gasteiger partial charge is 0.513 e. The average Bonchev–Trinajstić information content (AvgIpc) is 3.23. The molecule has 6 rings (SSSR count). The summed E-state index contributed by atoms with van der Waals surface area (Å²) >= 11 is 0. The summed E-state index contributed by atoms with van der Waals surface area (Å²) in [6, 6.07) is 51.8. The van der Waals surface area contributed by atoms with Gasteiger partial charge >= 0.3 is 12.1 Å². The zero-order valence-electron chi connectivity index (χ0n) is 32.0. The number of aryl methyl sites for hydroxylation is 1. The molecule has 0 spiro atoms. The second-order valence-corrected chi connectivity index (χ2v) is 13.2. The SMILES string of the molecule is COc1ccc(C(C)(c2ccc(OC(=O)OCCOCCOOC(C)=O)cc2)c2ccc(N(c3ccc(C)cc3)c3ccc(-c4ccccc4)cc3)cc2)cc1. The summed E-state index contributed by atoms with van der Waals surface area (Å²) in [5.74, 6) is 0.557. The van der Waals surface area contributed by atoms with Gasteiger partial charge in [-0.15, -0.1) is 0 Å². The summed E-state index contributed by atoms with van der Waals surface area (Å²) < 4.78 is 21.4. The summed E-state index contributed by atoms with van der Waals surface area (Å²) in [7, 11) is 1.65. The normalized spacial score (nSPS) is 11.9. The minimum atomic E-state index is -0.848. The molecule has 0 saturated carbocycles. The molecule has 1 unspecified atom stereocenters. The molecule has 9 nitrogen and oxygen atoms in total. The summed E-state index contributed by atoms with van der Waals surface area (Å²) in [4.78, 5) is 34.4. The van der Waals surface area contributed by atoms with Crippen molar-refractivity contribution >= 4 is 29.2 Å². The maximum atomic E-state index is 12.4. The fourth-order valence-corrected chi connectivity index (χ4v) is 6.43. The van der Waals surface area contributed by atoms with Gasteiger partial charge in [-0.05, 0) is 102 Å². The number of carbonyl (C=O) groups is 2. The summed E-state index contributed by atoms with van der Waals surface area (Å²) in [6.07, 6.45) is -0.848. The molecule has 0 N–H and O–H groups in total. The van der Waals surface area contributed by atoms with Crippen LogP contribution in [0.5, 0.6) is 11.5 Å². The Bertz CT molecular complexity index is 2150. The lowest BCUT2D eigenvalue weighted by Crippen LogP contribution is -2.25. The van der Waals surface area contributed by atoms with E-state index < -0.39 is 17.5 Å². The van der Waals surface area contributed by atoms with Crippen LogP contribution in [0.25, 0.3) is 11.1 Å². The molecule has 0 radical (unpaired) electrons. The van der Waals surface area contributed by atoms with Crippen LogP contribution in [0, 0.1) is 6.92 Å². The van der Waals surface area contributed by atoms with Gasteiger partial charge in [0.25, 0.3) is 0 Å². The third kappa shape index (κ3) is 9.81. The number of hydrogen-bond acceptors (Lipinski definition) is 9. The van der Waals surface area contributed by atoms with Crippen LogP contribution in [0.2, 0.25) is 0 Å². The minimum Gasteiger partial charge on any atom is -0.497 e. The third-order valence-electron chi connectivity index (χ3n) is 9.46. The van der Waals surface area contributed by atoms with Crippen LogP contribution in [0.1, 0.15) is 36.1 Å². The van der Waals surface area contributed by atoms with Crippen LogP contribution >= 0.6 is 0 Å². The number of methoxy groups -OCH3 is 1. The molecule has 0 saturated heterocycles. The molecule has 286 valence electrons. The van der Waals surface area contributed by atoms with Crippen molar-refractivity contribution in [2.45, 2.75) is 26.2 Å². The summed E-state index contributed by atoms with van der Waals surface area (Å²) in [5.41, 5.74) is 9.18. The van der Waals surface area contributed by atoms with Crippen LogP contribution in [-0.2, 0) is 29.5 Å². The number of nitrogens with zero attached hydrogens (tertiary/aromatic N) is 1. The van der Waals surface area contributed by atoms with Gasteiger partial charge in [-0.2, -0.15) is 4.89 Å². The van der Waals surface area contributed by atoms with Crippen LogP contribution in [-0.4, -0.2) is 45.7 Å². The van der Waals surface area contributed by atoms with E-state index >= 15 is 0 Å². The number of hydrogen-bond donors (Lipinski definition) is 0. The molecule has 0 heterocycles. The molecule has 0 aliphatic heterocycles. The van der Waals surface area contributed by atoms with Crippen molar-refractivity contribution in [3.63, 3.8) is 0 Å². The Labute approximate surface area is 327 Å². The van der Waals surface area contributed by atoms with Crippen LogP contribution < -0.4 is 14.4 Å². The van der Waals surface area contributed by atoms with Gasteiger partial charge < -0.3 is 23.8 Å². The van der Waals surface area contributed by atoms with Gasteiger partial charge in [0.05, 0.1) is 20.3 Å². The minimum absolute atomic E-state index is 0.0175. The van der Waals surface area contributed by atoms with Crippen molar-refractivity contribution < 1.29 is 38.3 Å². The Kier molecular flexibility index (Phi) is 13.2. The summed E-state index contributed by atoms with van der Waals surface area (Å²) in [5, 5.41) is 0. The third-order valence-corrected chi connectivity index (χ3v) is 9.46. The van der Waals surface area contributed by atoms with E-state index in [-0.39, 0.29) is 26.4 Å². The maximum Gasteiger partial charge on any atom is 0.513 e. The number of benzene rings is 6. The van der Waals surface area contributed by atoms with E-state index in [1.54, 1.807) is 19.2 Å². The first-order valence-corrected chi connectivity index (χ1v) is 18.3. The topological polar surface area (TPSA) is 92.8 Å². The highest BCUT2D eigenvalue weighted by molar-refractivity contribution is 5.78. The molecule has 0 aliphatic rings. The molecule has 9 heteroatoms. The lowest BCUT2D eigenvalue weighted by Gasteiger charge is -2.33. The molecule has 6 aromatic carbocycles. The number of ether oxygens (including phenoxy) is 4. The molecule has 0 fully saturated rings. The second kappa shape index (κ2) is 18.8. The maximum absolute atomic E-state index is 12.4. The highest BCUT2D eigenvalue weighted by Gasteiger charge is 2.32. The standard InChI is InChI=1S/C47H45NO8/c1-34-10-20-41(21-11-34)48(42-22-12-37(13-23-42)36-8-6-5-7-9-36)43-24-14-38(15-25-43)47(3,39-16-26-44(51-4)27-17-39)40-18-28-45(29-19-40)55-46(50)53-32-30-52-31-33-54-56-35(2)49/h5-29H,30-33H2,1-4H3. The van der Waals surface area contributed by atoms with Crippen molar-refractivity contribution in [1.82, 2.24) is 0 Å². The lowest BCUT2D eigenvalue weighted by molar-refractivity contribution is -0.274. The molecular formula is C47H45NO8. The first kappa shape index (κ1) is 39.3. The van der Waals surface area contributed by atoms with E-state index in [9.17, 15) is 9.59 Å². The van der Waals surface area contributed by atoms with Crippen molar-refractivity contribution in [3.8, 4) is 22.6 Å². The van der Waals surface area contributed by atoms with E-state index in [2.05, 4.69) is 138 Å². The molecule has 6 aromatic rings. The van der Waals surface area contributed by atoms with E-state index in [0.717, 1.165) is 45.1 Å². The molecule has 0 amide bonds. The highest BCUT2D eigenvalue weighted by Crippen LogP contribution is 2.42. The molecule has 0 aliphatic carbocycles. The average molecular weight is 752 g/mol. The van der Waals surface area contributed by atoms with Crippen molar-refractivity contribution in [3.05, 3.63) is 174 Å². The molecule has 1 atom stereocenters. The Morgan fingerprint density at radius 3 is 1.61 bits per heavy atom. The van der Waals surface area contributed by atoms with Gasteiger partial charge in [0.1, 0.15) is 24.7 Å². The molecule has 0 aromatic heterocycles. The Morgan fingerprint density at radius 2 is 1.05 bits per heavy atom. The zero-order valence-corrected chi connectivity index (χ0v) is 32.0. The zero-order chi connectivity index (χ0) is 39.3. The van der Waals surface area contributed by atoms with Crippen LogP contribution in [0.3, 0.4) is 0 Å². The summed E-state index contributed by atoms with van der Waals surface area (Å²) in [6.45, 7) is 5.85. The number of anilines is 3. The van der Waals surface area contributed by atoms with E-state index in [1.807, 2.05) is 30.3 Å². The lowest BCUT2D eigenvalue weighted by atomic mass is 9.71. The predicted molar refractivity (Wildman–Crippen MR) is 217 cm³/mol. The Balaban J connectivity index is 1.23. The first-order chi connectivity index (χ1) is 27.2. The van der Waals surface area contributed by atoms with Crippen LogP contribution in [0.4, 0.5) is 21.9 Å². The van der Waals surface area contributed by atoms with Gasteiger partial charge in [0, 0.05) is 29.4 Å². The van der Waals surface area contributed by atoms with Crippen molar-refractivity contribution in [1.29, 1.82) is 0 Å². The van der Waals surface area contributed by atoms with E-state index in [4.69, 9.17) is 18.9 Å². The quantitative estimate of drug-likeness (QED) is 0.0239. The van der Waals surface area contributed by atoms with Gasteiger partial charge in [-0.1, -0.05) is 96.6 Å². The Morgan fingerprint density at radius 1 is 0.571 bits per heavy atom.